The number of carbonyl (C=O) groups excluding carboxylic acids is 1. The Hall–Kier alpha value is -1.34. The molecular weight excluding hydrogens is 335 g/mol. The Bertz CT molecular complexity index is 603. The zero-order valence-corrected chi connectivity index (χ0v) is 12.2. The maximum absolute atomic E-state index is 12.9. The van der Waals surface area contributed by atoms with Gasteiger partial charge in [-0.1, -0.05) is 18.2 Å². The summed E-state index contributed by atoms with van der Waals surface area (Å²) < 4.78 is 19.4. The molecule has 1 heterocycles. The van der Waals surface area contributed by atoms with E-state index in [0.717, 1.165) is 0 Å². The standard InChI is InChI=1S/C12H10BrFN2O2S/c13-12(17)9-3-1-2-8(6-14)10(9)7-18-11-4-5-16(19)15-11/h1-5,19H,6-7H2. The van der Waals surface area contributed by atoms with Crippen molar-refractivity contribution < 1.29 is 13.9 Å². The van der Waals surface area contributed by atoms with Gasteiger partial charge in [0.25, 0.3) is 0 Å². The first-order chi connectivity index (χ1) is 9.11. The number of halogens is 2. The second-order valence-corrected chi connectivity index (χ2v) is 4.84. The van der Waals surface area contributed by atoms with Crippen molar-refractivity contribution in [1.82, 2.24) is 9.19 Å². The van der Waals surface area contributed by atoms with Gasteiger partial charge in [-0.15, -0.1) is 5.10 Å². The smallest absolute Gasteiger partial charge is 0.234 e. The molecule has 0 saturated heterocycles. The molecule has 4 nitrogen and oxygen atoms in total. The predicted molar refractivity (Wildman–Crippen MR) is 75.5 cm³/mol. The fourth-order valence-corrected chi connectivity index (χ4v) is 2.16. The molecule has 2 aromatic rings. The molecule has 0 N–H and O–H groups in total. The van der Waals surface area contributed by atoms with Crippen molar-refractivity contribution in [1.29, 1.82) is 0 Å². The van der Waals surface area contributed by atoms with E-state index in [-0.39, 0.29) is 11.3 Å². The maximum Gasteiger partial charge on any atom is 0.234 e. The van der Waals surface area contributed by atoms with Crippen LogP contribution in [0.5, 0.6) is 5.88 Å². The van der Waals surface area contributed by atoms with E-state index in [4.69, 9.17) is 4.74 Å². The van der Waals surface area contributed by atoms with Crippen LogP contribution in [0.1, 0.15) is 21.5 Å². The van der Waals surface area contributed by atoms with Crippen molar-refractivity contribution in [3.05, 3.63) is 47.2 Å². The van der Waals surface area contributed by atoms with Crippen LogP contribution < -0.4 is 4.74 Å². The summed E-state index contributed by atoms with van der Waals surface area (Å²) in [7, 11) is 0. The fourth-order valence-electron chi connectivity index (χ4n) is 1.64. The number of benzene rings is 1. The number of nitrogens with zero attached hydrogens (tertiary/aromatic N) is 2. The summed E-state index contributed by atoms with van der Waals surface area (Å²) in [4.78, 5) is 11.5. The Morgan fingerprint density at radius 1 is 1.47 bits per heavy atom. The monoisotopic (exact) mass is 344 g/mol. The summed E-state index contributed by atoms with van der Waals surface area (Å²) in [6.45, 7) is -0.592. The van der Waals surface area contributed by atoms with Gasteiger partial charge < -0.3 is 4.74 Å². The van der Waals surface area contributed by atoms with Gasteiger partial charge in [-0.05, 0) is 34.3 Å². The number of aromatic nitrogens is 2. The molecule has 0 aliphatic rings. The average molecular weight is 345 g/mol. The van der Waals surface area contributed by atoms with Gasteiger partial charge in [0.2, 0.25) is 10.6 Å². The Morgan fingerprint density at radius 3 is 2.84 bits per heavy atom. The first-order valence-electron chi connectivity index (χ1n) is 5.36. The van der Waals surface area contributed by atoms with Crippen molar-refractivity contribution >= 4 is 33.4 Å². The molecule has 0 atom stereocenters. The zero-order chi connectivity index (χ0) is 13.8. The highest BCUT2D eigenvalue weighted by molar-refractivity contribution is 9.18. The number of hydrogen-bond donors (Lipinski definition) is 1. The van der Waals surface area contributed by atoms with Crippen molar-refractivity contribution in [3.63, 3.8) is 0 Å². The molecule has 7 heteroatoms. The van der Waals surface area contributed by atoms with Gasteiger partial charge in [0.05, 0.1) is 0 Å². The van der Waals surface area contributed by atoms with Gasteiger partial charge in [-0.2, -0.15) is 0 Å². The Kier molecular flexibility index (Phi) is 4.60. The summed E-state index contributed by atoms with van der Waals surface area (Å²) in [6, 6.07) is 6.50. The Balaban J connectivity index is 2.25. The lowest BCUT2D eigenvalue weighted by Crippen LogP contribution is -2.06. The van der Waals surface area contributed by atoms with Crippen molar-refractivity contribution in [2.24, 2.45) is 0 Å². The Labute approximate surface area is 123 Å². The fraction of sp³-hybridized carbons (Fsp3) is 0.167. The molecule has 0 amide bonds. The minimum absolute atomic E-state index is 0.0670. The SMILES string of the molecule is O=C(Br)c1cccc(CF)c1COc1ccn(S)n1. The zero-order valence-electron chi connectivity index (χ0n) is 9.72. The Morgan fingerprint density at radius 2 is 2.26 bits per heavy atom. The van der Waals surface area contributed by atoms with Gasteiger partial charge in [-0.25, -0.2) is 8.48 Å². The molecule has 0 radical (unpaired) electrons. The molecule has 2 rings (SSSR count). The third kappa shape index (κ3) is 3.36. The normalized spacial score (nSPS) is 10.5. The number of alkyl halides is 1. The minimum Gasteiger partial charge on any atom is -0.472 e. The average Bonchev–Trinajstić information content (AvgIpc) is 2.81. The lowest BCUT2D eigenvalue weighted by atomic mass is 10.0. The summed E-state index contributed by atoms with van der Waals surface area (Å²) >= 11 is 6.86. The van der Waals surface area contributed by atoms with E-state index in [2.05, 4.69) is 33.8 Å². The second kappa shape index (κ2) is 6.21. The van der Waals surface area contributed by atoms with Gasteiger partial charge in [0.1, 0.15) is 13.3 Å². The van der Waals surface area contributed by atoms with Crippen LogP contribution in [-0.4, -0.2) is 13.9 Å². The maximum atomic E-state index is 12.9. The van der Waals surface area contributed by atoms with Crippen LogP contribution in [0.25, 0.3) is 0 Å². The molecule has 19 heavy (non-hydrogen) atoms. The number of ether oxygens (including phenoxy) is 1. The highest BCUT2D eigenvalue weighted by Gasteiger charge is 2.14. The quantitative estimate of drug-likeness (QED) is 0.669. The molecule has 0 bridgehead atoms. The number of carbonyl (C=O) groups is 1. The van der Waals surface area contributed by atoms with Crippen LogP contribution >= 0.6 is 28.7 Å². The predicted octanol–water partition coefficient (Wildman–Crippen LogP) is 3.16. The molecule has 0 aliphatic heterocycles. The first-order valence-corrected chi connectivity index (χ1v) is 6.55. The van der Waals surface area contributed by atoms with Gasteiger partial charge in [0.15, 0.2) is 0 Å². The minimum atomic E-state index is -0.659. The summed E-state index contributed by atoms with van der Waals surface area (Å²) in [6.07, 6.45) is 1.61. The van der Waals surface area contributed by atoms with E-state index in [9.17, 15) is 9.18 Å². The summed E-state index contributed by atoms with van der Waals surface area (Å²) in [5.41, 5.74) is 1.33. The molecule has 0 spiro atoms. The molecule has 0 fully saturated rings. The molecule has 100 valence electrons. The number of thiol groups is 1. The van der Waals surface area contributed by atoms with Crippen LogP contribution in [0.2, 0.25) is 0 Å². The van der Waals surface area contributed by atoms with Crippen molar-refractivity contribution in [2.45, 2.75) is 13.3 Å². The van der Waals surface area contributed by atoms with Crippen molar-refractivity contribution in [3.8, 4) is 5.88 Å². The van der Waals surface area contributed by atoms with Gasteiger partial charge in [0, 0.05) is 23.4 Å². The van der Waals surface area contributed by atoms with E-state index in [1.807, 2.05) is 0 Å². The van der Waals surface area contributed by atoms with Crippen LogP contribution in [0.3, 0.4) is 0 Å². The summed E-state index contributed by atoms with van der Waals surface area (Å²) in [5, 5.41) is 3.92. The number of rotatable bonds is 5. The lowest BCUT2D eigenvalue weighted by Gasteiger charge is -2.10. The van der Waals surface area contributed by atoms with Crippen LogP contribution in [0, 0.1) is 0 Å². The number of hydrogen-bond acceptors (Lipinski definition) is 4. The summed E-state index contributed by atoms with van der Waals surface area (Å²) in [5.74, 6) is 0.358. The molecule has 0 aliphatic carbocycles. The van der Waals surface area contributed by atoms with E-state index < -0.39 is 6.67 Å². The van der Waals surface area contributed by atoms with E-state index in [1.165, 1.54) is 4.09 Å². The first kappa shape index (κ1) is 14.1. The van der Waals surface area contributed by atoms with Crippen LogP contribution in [0.15, 0.2) is 30.5 Å². The van der Waals surface area contributed by atoms with E-state index in [0.29, 0.717) is 22.6 Å². The third-order valence-corrected chi connectivity index (χ3v) is 3.19. The molecule has 0 saturated carbocycles. The lowest BCUT2D eigenvalue weighted by molar-refractivity contribution is 0.109. The molecule has 1 aromatic heterocycles. The van der Waals surface area contributed by atoms with E-state index in [1.54, 1.807) is 30.5 Å². The van der Waals surface area contributed by atoms with Gasteiger partial charge >= 0.3 is 0 Å². The van der Waals surface area contributed by atoms with Crippen molar-refractivity contribution in [2.75, 3.05) is 0 Å². The largest absolute Gasteiger partial charge is 0.472 e. The topological polar surface area (TPSA) is 44.1 Å². The second-order valence-electron chi connectivity index (χ2n) is 3.71. The molecule has 1 aromatic carbocycles. The molecule has 0 unspecified atom stereocenters. The van der Waals surface area contributed by atoms with Crippen LogP contribution in [0.4, 0.5) is 4.39 Å². The van der Waals surface area contributed by atoms with Crippen LogP contribution in [-0.2, 0) is 13.3 Å². The highest BCUT2D eigenvalue weighted by Crippen LogP contribution is 2.21. The van der Waals surface area contributed by atoms with E-state index >= 15 is 0 Å². The molecular formula is C12H10BrFN2O2S. The third-order valence-electron chi connectivity index (χ3n) is 2.54. The highest BCUT2D eigenvalue weighted by atomic mass is 79.9. The van der Waals surface area contributed by atoms with Gasteiger partial charge in [-0.3, -0.25) is 4.79 Å².